The lowest BCUT2D eigenvalue weighted by Gasteiger charge is -2.15. The lowest BCUT2D eigenvalue weighted by atomic mass is 10.3. The predicted octanol–water partition coefficient (Wildman–Crippen LogP) is 0.778. The summed E-state index contributed by atoms with van der Waals surface area (Å²) in [5.41, 5.74) is 6.09. The van der Waals surface area contributed by atoms with Gasteiger partial charge in [0.1, 0.15) is 0 Å². The van der Waals surface area contributed by atoms with Crippen LogP contribution >= 0.6 is 11.8 Å². The Bertz CT molecular complexity index is 500. The van der Waals surface area contributed by atoms with Crippen LogP contribution in [-0.4, -0.2) is 24.9 Å². The van der Waals surface area contributed by atoms with Gasteiger partial charge in [-0.25, -0.2) is 13.6 Å². The molecule has 2 unspecified atom stereocenters. The Hall–Kier alpha value is -0.760. The Labute approximate surface area is 105 Å². The monoisotopic (exact) mass is 276 g/mol. The van der Waals surface area contributed by atoms with Gasteiger partial charge in [-0.3, -0.25) is 0 Å². The lowest BCUT2D eigenvalue weighted by Crippen LogP contribution is -2.15. The van der Waals surface area contributed by atoms with E-state index >= 15 is 0 Å². The second-order valence-electron chi connectivity index (χ2n) is 3.81. The van der Waals surface area contributed by atoms with Gasteiger partial charge in [0.25, 0.3) is 0 Å². The molecule has 0 saturated carbocycles. The minimum absolute atomic E-state index is 0.0101. The maximum Gasteiger partial charge on any atom is 0.238 e. The van der Waals surface area contributed by atoms with E-state index in [4.69, 9.17) is 10.9 Å². The van der Waals surface area contributed by atoms with E-state index < -0.39 is 16.1 Å². The molecule has 2 atom stereocenters. The van der Waals surface area contributed by atoms with Gasteiger partial charge in [-0.15, -0.1) is 11.8 Å². The van der Waals surface area contributed by atoms with Crippen LogP contribution in [0.3, 0.4) is 0 Å². The van der Waals surface area contributed by atoms with Crippen molar-refractivity contribution in [3.63, 3.8) is 0 Å². The molecular weight excluding hydrogens is 260 g/mol. The normalized spacial score (nSPS) is 15.5. The van der Waals surface area contributed by atoms with E-state index in [9.17, 15) is 13.5 Å². The van der Waals surface area contributed by atoms with Crippen molar-refractivity contribution in [1.29, 1.82) is 0 Å². The van der Waals surface area contributed by atoms with Crippen LogP contribution in [0.2, 0.25) is 0 Å². The molecule has 0 saturated heterocycles. The fourth-order valence-corrected chi connectivity index (χ4v) is 2.60. The first-order valence-corrected chi connectivity index (χ1v) is 7.41. The maximum atomic E-state index is 11.1. The smallest absolute Gasteiger partial charge is 0.238 e. The number of sulfonamides is 1. The van der Waals surface area contributed by atoms with Crippen molar-refractivity contribution in [1.82, 2.24) is 0 Å². The van der Waals surface area contributed by atoms with Crippen molar-refractivity contribution in [3.8, 4) is 0 Å². The third-order valence-corrected chi connectivity index (χ3v) is 4.60. The van der Waals surface area contributed by atoms with Crippen LogP contribution in [0.5, 0.6) is 0 Å². The molecule has 0 aliphatic heterocycles. The lowest BCUT2D eigenvalue weighted by molar-refractivity contribution is 0.196. The average molecular weight is 276 g/mol. The summed E-state index contributed by atoms with van der Waals surface area (Å²) in [5, 5.41) is 14.3. The summed E-state index contributed by atoms with van der Waals surface area (Å²) in [6.45, 7) is 3.55. The highest BCUT2D eigenvalue weighted by Crippen LogP contribution is 2.31. The molecule has 0 fully saturated rings. The summed E-state index contributed by atoms with van der Waals surface area (Å²) >= 11 is 1.39. The van der Waals surface area contributed by atoms with E-state index in [0.717, 1.165) is 4.90 Å². The molecule has 17 heavy (non-hydrogen) atoms. The highest BCUT2D eigenvalue weighted by molar-refractivity contribution is 8.00. The number of anilines is 1. The van der Waals surface area contributed by atoms with Crippen molar-refractivity contribution in [2.75, 3.05) is 5.73 Å². The molecule has 0 aromatic heterocycles. The third-order valence-electron chi connectivity index (χ3n) is 2.30. The number of hydrogen-bond donors (Lipinski definition) is 3. The van der Waals surface area contributed by atoms with Gasteiger partial charge >= 0.3 is 0 Å². The van der Waals surface area contributed by atoms with Gasteiger partial charge in [-0.05, 0) is 25.1 Å². The Morgan fingerprint density at radius 3 is 2.35 bits per heavy atom. The zero-order valence-corrected chi connectivity index (χ0v) is 11.3. The molecule has 5 N–H and O–H groups in total. The largest absolute Gasteiger partial charge is 0.398 e. The van der Waals surface area contributed by atoms with Gasteiger partial charge < -0.3 is 10.8 Å². The summed E-state index contributed by atoms with van der Waals surface area (Å²) in [4.78, 5) is 0.717. The number of aliphatic hydroxyl groups excluding tert-OH is 1. The van der Waals surface area contributed by atoms with Crippen molar-refractivity contribution >= 4 is 27.5 Å². The highest BCUT2D eigenvalue weighted by atomic mass is 32.2. The molecule has 0 spiro atoms. The van der Waals surface area contributed by atoms with E-state index in [0.29, 0.717) is 5.69 Å². The standard InChI is InChI=1S/C10H16N2O3S2/c1-6(13)7(2)16-10-4-3-8(5-9(10)11)17(12,14)15/h3-7,13H,11H2,1-2H3,(H2,12,14,15). The molecule has 7 heteroatoms. The SMILES string of the molecule is CC(O)C(C)Sc1ccc(S(N)(=O)=O)cc1N. The minimum atomic E-state index is -3.73. The molecule has 96 valence electrons. The molecule has 5 nitrogen and oxygen atoms in total. The van der Waals surface area contributed by atoms with Gasteiger partial charge in [-0.2, -0.15) is 0 Å². The quantitative estimate of drug-likeness (QED) is 0.556. The van der Waals surface area contributed by atoms with Gasteiger partial charge in [0.2, 0.25) is 10.0 Å². The van der Waals surface area contributed by atoms with E-state index in [1.165, 1.54) is 23.9 Å². The van der Waals surface area contributed by atoms with Crippen molar-refractivity contribution in [2.24, 2.45) is 5.14 Å². The van der Waals surface area contributed by atoms with Crippen LogP contribution in [-0.2, 0) is 10.0 Å². The topological polar surface area (TPSA) is 106 Å². The number of nitrogens with two attached hydrogens (primary N) is 2. The van der Waals surface area contributed by atoms with E-state index in [-0.39, 0.29) is 10.1 Å². The highest BCUT2D eigenvalue weighted by Gasteiger charge is 2.14. The number of rotatable bonds is 4. The van der Waals surface area contributed by atoms with Gasteiger partial charge in [0.05, 0.1) is 11.0 Å². The third kappa shape index (κ3) is 3.88. The van der Waals surface area contributed by atoms with Gasteiger partial charge in [-0.1, -0.05) is 6.92 Å². The maximum absolute atomic E-state index is 11.1. The summed E-state index contributed by atoms with van der Waals surface area (Å²) in [6, 6.07) is 4.33. The Morgan fingerprint density at radius 1 is 1.35 bits per heavy atom. The second kappa shape index (κ2) is 5.26. The average Bonchev–Trinajstić information content (AvgIpc) is 2.19. The van der Waals surface area contributed by atoms with Gasteiger partial charge in [0.15, 0.2) is 0 Å². The molecule has 0 radical (unpaired) electrons. The first-order chi connectivity index (χ1) is 7.71. The second-order valence-corrected chi connectivity index (χ2v) is 6.79. The van der Waals surface area contributed by atoms with Crippen molar-refractivity contribution < 1.29 is 13.5 Å². The summed E-state index contributed by atoms with van der Waals surface area (Å²) in [6.07, 6.45) is -0.475. The van der Waals surface area contributed by atoms with Gasteiger partial charge in [0, 0.05) is 15.8 Å². The molecule has 0 aliphatic rings. The van der Waals surface area contributed by atoms with Crippen LogP contribution in [0, 0.1) is 0 Å². The molecule has 0 amide bonds. The predicted molar refractivity (Wildman–Crippen MR) is 69.2 cm³/mol. The van der Waals surface area contributed by atoms with E-state index in [2.05, 4.69) is 0 Å². The number of nitrogen functional groups attached to an aromatic ring is 1. The van der Waals surface area contributed by atoms with Crippen molar-refractivity contribution in [3.05, 3.63) is 18.2 Å². The van der Waals surface area contributed by atoms with E-state index in [1.54, 1.807) is 13.0 Å². The fourth-order valence-electron chi connectivity index (χ4n) is 1.11. The summed E-state index contributed by atoms with van der Waals surface area (Å²) < 4.78 is 22.2. The molecule has 1 aromatic rings. The van der Waals surface area contributed by atoms with Crippen LogP contribution < -0.4 is 10.9 Å². The Morgan fingerprint density at radius 2 is 1.94 bits per heavy atom. The summed E-state index contributed by atoms with van der Waals surface area (Å²) in [7, 11) is -3.73. The van der Waals surface area contributed by atoms with Crippen molar-refractivity contribution in [2.45, 2.75) is 35.0 Å². The Balaban J connectivity index is 2.99. The van der Waals surface area contributed by atoms with Crippen LogP contribution in [0.25, 0.3) is 0 Å². The molecule has 1 rings (SSSR count). The number of aliphatic hydroxyl groups is 1. The zero-order valence-electron chi connectivity index (χ0n) is 9.62. The molecule has 0 bridgehead atoms. The van der Waals surface area contributed by atoms with Crippen LogP contribution in [0.4, 0.5) is 5.69 Å². The first-order valence-electron chi connectivity index (χ1n) is 4.99. The Kier molecular flexibility index (Phi) is 4.42. The number of hydrogen-bond acceptors (Lipinski definition) is 5. The molecule has 0 aliphatic carbocycles. The fraction of sp³-hybridized carbons (Fsp3) is 0.400. The van der Waals surface area contributed by atoms with Crippen LogP contribution in [0.1, 0.15) is 13.8 Å². The zero-order chi connectivity index (χ0) is 13.2. The number of thioether (sulfide) groups is 1. The molecule has 1 aromatic carbocycles. The molecular formula is C10H16N2O3S2. The molecule has 0 heterocycles. The van der Waals surface area contributed by atoms with E-state index in [1.807, 2.05) is 6.92 Å². The van der Waals surface area contributed by atoms with Crippen LogP contribution in [0.15, 0.2) is 28.0 Å². The number of primary sulfonamides is 1. The first kappa shape index (κ1) is 14.3. The summed E-state index contributed by atoms with van der Waals surface area (Å²) in [5.74, 6) is 0. The minimum Gasteiger partial charge on any atom is -0.398 e. The number of benzene rings is 1.